The Morgan fingerprint density at radius 1 is 1.22 bits per heavy atom. The van der Waals surface area contributed by atoms with Crippen molar-refractivity contribution in [1.82, 2.24) is 14.9 Å². The number of para-hydroxylation sites is 3. The van der Waals surface area contributed by atoms with Crippen LogP contribution in [0, 0.1) is 0 Å². The van der Waals surface area contributed by atoms with Gasteiger partial charge in [-0.15, -0.1) is 11.8 Å². The van der Waals surface area contributed by atoms with Gasteiger partial charge in [-0.3, -0.25) is 9.59 Å². The second kappa shape index (κ2) is 7.44. The molecule has 3 aromatic rings. The summed E-state index contributed by atoms with van der Waals surface area (Å²) < 4.78 is 2.09. The maximum atomic E-state index is 12.4. The van der Waals surface area contributed by atoms with Crippen molar-refractivity contribution in [3.63, 3.8) is 0 Å². The van der Waals surface area contributed by atoms with E-state index in [1.807, 2.05) is 48.5 Å². The topological polar surface area (TPSA) is 76.0 Å². The van der Waals surface area contributed by atoms with E-state index in [1.54, 1.807) is 0 Å². The lowest BCUT2D eigenvalue weighted by Crippen LogP contribution is -2.35. The van der Waals surface area contributed by atoms with Crippen LogP contribution in [-0.2, 0) is 22.7 Å². The summed E-state index contributed by atoms with van der Waals surface area (Å²) in [5.41, 5.74) is 2.78. The molecule has 0 saturated carbocycles. The van der Waals surface area contributed by atoms with Gasteiger partial charge in [-0.05, 0) is 31.2 Å². The molecule has 0 unspecified atom stereocenters. The Morgan fingerprint density at radius 2 is 2.00 bits per heavy atom. The number of anilines is 1. The lowest BCUT2D eigenvalue weighted by atomic mass is 10.2. The van der Waals surface area contributed by atoms with E-state index in [2.05, 4.69) is 27.1 Å². The van der Waals surface area contributed by atoms with Crippen molar-refractivity contribution in [2.24, 2.45) is 0 Å². The number of benzene rings is 2. The maximum absolute atomic E-state index is 12.4. The Bertz CT molecular complexity index is 1010. The Hall–Kier alpha value is -2.80. The highest BCUT2D eigenvalue weighted by atomic mass is 32.2. The molecule has 0 spiro atoms. The van der Waals surface area contributed by atoms with Gasteiger partial charge in [0.15, 0.2) is 0 Å². The number of amides is 2. The second-order valence-corrected chi connectivity index (χ2v) is 7.58. The zero-order chi connectivity index (χ0) is 18.8. The number of fused-ring (bicyclic) bond motifs is 2. The number of hydrogen-bond donors (Lipinski definition) is 2. The molecule has 1 aliphatic rings. The average molecular weight is 380 g/mol. The first-order chi connectivity index (χ1) is 13.2. The van der Waals surface area contributed by atoms with Crippen LogP contribution >= 0.6 is 11.8 Å². The van der Waals surface area contributed by atoms with E-state index in [1.165, 1.54) is 11.8 Å². The van der Waals surface area contributed by atoms with Crippen LogP contribution in [0.3, 0.4) is 0 Å². The number of nitrogens with zero attached hydrogens (tertiary/aromatic N) is 2. The molecule has 0 bridgehead atoms. The van der Waals surface area contributed by atoms with Crippen LogP contribution in [0.1, 0.15) is 19.2 Å². The minimum Gasteiger partial charge on any atom is -0.349 e. The normalized spacial score (nSPS) is 16.0. The van der Waals surface area contributed by atoms with E-state index < -0.39 is 5.25 Å². The molecule has 4 rings (SSSR count). The van der Waals surface area contributed by atoms with Crippen LogP contribution in [0.15, 0.2) is 53.4 Å². The van der Waals surface area contributed by atoms with Crippen molar-refractivity contribution < 1.29 is 9.59 Å². The molecule has 1 atom stereocenters. The predicted octanol–water partition coefficient (Wildman–Crippen LogP) is 3.18. The molecule has 7 heteroatoms. The molecule has 1 aliphatic heterocycles. The number of aromatic nitrogens is 2. The number of carbonyl (C=O) groups excluding carboxylic acids is 2. The highest BCUT2D eigenvalue weighted by Gasteiger charge is 2.28. The highest BCUT2D eigenvalue weighted by molar-refractivity contribution is 8.01. The van der Waals surface area contributed by atoms with Crippen LogP contribution in [0.2, 0.25) is 0 Å². The monoisotopic (exact) mass is 380 g/mol. The van der Waals surface area contributed by atoms with Crippen molar-refractivity contribution in [1.29, 1.82) is 0 Å². The van der Waals surface area contributed by atoms with Crippen molar-refractivity contribution in [3.8, 4) is 0 Å². The van der Waals surface area contributed by atoms with Crippen molar-refractivity contribution >= 4 is 40.3 Å². The van der Waals surface area contributed by atoms with Gasteiger partial charge in [0.2, 0.25) is 11.8 Å². The van der Waals surface area contributed by atoms with Gasteiger partial charge < -0.3 is 15.2 Å². The number of carbonyl (C=O) groups is 2. The number of thioether (sulfide) groups is 1. The van der Waals surface area contributed by atoms with Gasteiger partial charge in [0.25, 0.3) is 0 Å². The molecule has 2 amide bonds. The summed E-state index contributed by atoms with van der Waals surface area (Å²) >= 11 is 1.43. The zero-order valence-electron chi connectivity index (χ0n) is 14.9. The number of nitrogens with one attached hydrogen (secondary N) is 2. The van der Waals surface area contributed by atoms with Crippen LogP contribution in [0.5, 0.6) is 0 Å². The van der Waals surface area contributed by atoms with Gasteiger partial charge in [0.05, 0.1) is 28.5 Å². The summed E-state index contributed by atoms with van der Waals surface area (Å²) in [4.78, 5) is 30.3. The lowest BCUT2D eigenvalue weighted by Gasteiger charge is -2.23. The smallest absolute Gasteiger partial charge is 0.238 e. The first-order valence-corrected chi connectivity index (χ1v) is 9.81. The summed E-state index contributed by atoms with van der Waals surface area (Å²) in [6, 6.07) is 15.6. The van der Waals surface area contributed by atoms with Gasteiger partial charge in [0.1, 0.15) is 5.82 Å². The molecule has 2 aromatic carbocycles. The Kier molecular flexibility index (Phi) is 4.85. The fraction of sp³-hybridized carbons (Fsp3) is 0.250. The molecule has 0 radical (unpaired) electrons. The summed E-state index contributed by atoms with van der Waals surface area (Å²) in [7, 11) is 0. The first kappa shape index (κ1) is 17.6. The average Bonchev–Trinajstić information content (AvgIpc) is 3.04. The largest absolute Gasteiger partial charge is 0.349 e. The molecular formula is C20H20N4O2S. The molecular weight excluding hydrogens is 360 g/mol. The molecule has 0 fully saturated rings. The first-order valence-electron chi connectivity index (χ1n) is 8.93. The Balaban J connectivity index is 1.41. The van der Waals surface area contributed by atoms with Crippen LogP contribution in [-0.4, -0.2) is 26.6 Å². The Morgan fingerprint density at radius 3 is 2.85 bits per heavy atom. The molecule has 1 aromatic heterocycles. The summed E-state index contributed by atoms with van der Waals surface area (Å²) in [6.07, 6.45) is 0.136. The van der Waals surface area contributed by atoms with E-state index in [0.717, 1.165) is 34.0 Å². The predicted molar refractivity (Wildman–Crippen MR) is 107 cm³/mol. The molecule has 138 valence electrons. The van der Waals surface area contributed by atoms with Crippen LogP contribution < -0.4 is 10.6 Å². The Labute approximate surface area is 161 Å². The summed E-state index contributed by atoms with van der Waals surface area (Å²) in [5.74, 6) is 0.532. The zero-order valence-corrected chi connectivity index (χ0v) is 15.8. The molecule has 27 heavy (non-hydrogen) atoms. The minimum atomic E-state index is -0.426. The quantitative estimate of drug-likeness (QED) is 0.713. The van der Waals surface area contributed by atoms with E-state index in [4.69, 9.17) is 0 Å². The number of imidazole rings is 1. The fourth-order valence-corrected chi connectivity index (χ4v) is 4.37. The minimum absolute atomic E-state index is 0.130. The van der Waals surface area contributed by atoms with Crippen molar-refractivity contribution in [3.05, 3.63) is 54.4 Å². The van der Waals surface area contributed by atoms with E-state index in [-0.39, 0.29) is 18.2 Å². The summed E-state index contributed by atoms with van der Waals surface area (Å²) in [6.45, 7) is 3.18. The fourth-order valence-electron chi connectivity index (χ4n) is 3.26. The second-order valence-electron chi connectivity index (χ2n) is 6.33. The molecule has 0 aliphatic carbocycles. The van der Waals surface area contributed by atoms with Gasteiger partial charge in [0, 0.05) is 17.9 Å². The third kappa shape index (κ3) is 3.55. The van der Waals surface area contributed by atoms with Gasteiger partial charge >= 0.3 is 0 Å². The SMILES string of the molecule is CCn1c(CNC(=O)C[C@@H]2Sc3ccccc3NC2=O)nc2ccccc21. The standard InChI is InChI=1S/C20H20N4O2S/c1-2-24-15-9-5-3-7-13(15)22-18(24)12-21-19(25)11-17-20(26)23-14-8-4-6-10-16(14)27-17/h3-10,17H,2,11-12H2,1H3,(H,21,25)(H,23,26)/t17-/m0/s1. The lowest BCUT2D eigenvalue weighted by molar-refractivity contribution is -0.124. The molecule has 6 nitrogen and oxygen atoms in total. The molecule has 0 saturated heterocycles. The molecule has 2 heterocycles. The van der Waals surface area contributed by atoms with E-state index in [9.17, 15) is 9.59 Å². The third-order valence-electron chi connectivity index (χ3n) is 4.57. The van der Waals surface area contributed by atoms with E-state index >= 15 is 0 Å². The number of hydrogen-bond acceptors (Lipinski definition) is 4. The molecule has 2 N–H and O–H groups in total. The van der Waals surface area contributed by atoms with Gasteiger partial charge in [-0.25, -0.2) is 4.98 Å². The van der Waals surface area contributed by atoms with Crippen LogP contribution in [0.4, 0.5) is 5.69 Å². The van der Waals surface area contributed by atoms with Gasteiger partial charge in [-0.2, -0.15) is 0 Å². The van der Waals surface area contributed by atoms with Crippen molar-refractivity contribution in [2.45, 2.75) is 36.6 Å². The third-order valence-corrected chi connectivity index (χ3v) is 5.85. The van der Waals surface area contributed by atoms with Gasteiger partial charge in [-0.1, -0.05) is 24.3 Å². The van der Waals surface area contributed by atoms with Crippen LogP contribution in [0.25, 0.3) is 11.0 Å². The number of rotatable bonds is 5. The highest BCUT2D eigenvalue weighted by Crippen LogP contribution is 2.36. The van der Waals surface area contributed by atoms with Crippen molar-refractivity contribution in [2.75, 3.05) is 5.32 Å². The maximum Gasteiger partial charge on any atom is 0.238 e. The summed E-state index contributed by atoms with van der Waals surface area (Å²) in [5, 5.41) is 5.35. The number of aryl methyl sites for hydroxylation is 1. The van der Waals surface area contributed by atoms with E-state index in [0.29, 0.717) is 6.54 Å².